The number of aliphatic carboxylic acids is 2. The van der Waals surface area contributed by atoms with Crippen molar-refractivity contribution in [2.45, 2.75) is 138 Å². The Morgan fingerprint density at radius 1 is 0.691 bits per heavy atom. The molecule has 5 rings (SSSR count). The maximum atomic E-state index is 14.8. The van der Waals surface area contributed by atoms with Crippen LogP contribution in [0.25, 0.3) is 10.9 Å². The molecule has 3 aliphatic heterocycles. The molecule has 1 aromatic carbocycles. The van der Waals surface area contributed by atoms with Gasteiger partial charge in [0, 0.05) is 60.9 Å². The third-order valence-electron chi connectivity index (χ3n) is 15.3. The summed E-state index contributed by atoms with van der Waals surface area (Å²) in [5.74, 6) is -17.4. The topological polar surface area (TPSA) is 597 Å². The van der Waals surface area contributed by atoms with E-state index in [1.54, 1.807) is 30.5 Å². The van der Waals surface area contributed by atoms with Crippen LogP contribution in [0.1, 0.15) is 70.3 Å². The van der Waals surface area contributed by atoms with Crippen LogP contribution < -0.4 is 81.8 Å². The average Bonchev–Trinajstić information content (AvgIpc) is 1.73. The molecule has 530 valence electrons. The van der Waals surface area contributed by atoms with Crippen molar-refractivity contribution in [3.8, 4) is 0 Å². The minimum absolute atomic E-state index is 0.00482. The molecule has 11 atom stereocenters. The van der Waals surface area contributed by atoms with Gasteiger partial charge in [-0.25, -0.2) is 4.79 Å². The van der Waals surface area contributed by atoms with Gasteiger partial charge in [-0.05, 0) is 69.9 Å². The molecule has 1 saturated heterocycles. The molecule has 2 aromatic rings. The van der Waals surface area contributed by atoms with Gasteiger partial charge in [-0.3, -0.25) is 72.3 Å². The first-order valence-corrected chi connectivity index (χ1v) is 33.2. The number of benzene rings is 1. The number of hydrogen-bond acceptors (Lipinski definition) is 20. The number of nitrogens with zero attached hydrogens (tertiary/aromatic N) is 4. The van der Waals surface area contributed by atoms with Crippen molar-refractivity contribution in [1.29, 1.82) is 0 Å². The van der Waals surface area contributed by atoms with Gasteiger partial charge in [0.05, 0.1) is 19.6 Å². The van der Waals surface area contributed by atoms with Crippen molar-refractivity contribution in [1.82, 2.24) is 68.0 Å². The van der Waals surface area contributed by atoms with E-state index in [9.17, 15) is 82.4 Å². The number of rotatable bonds is 19. The Bertz CT molecular complexity index is 3320. The number of para-hydroxylation sites is 1. The molecular weight excluding hydrogens is 1310 g/mol. The highest BCUT2D eigenvalue weighted by Gasteiger charge is 2.42. The number of amides is 12. The summed E-state index contributed by atoms with van der Waals surface area (Å²) in [5.41, 5.74) is 28.9. The quantitative estimate of drug-likeness (QED) is 0.0204. The number of aliphatic imine (C=N–C) groups is 2. The highest BCUT2D eigenvalue weighted by Crippen LogP contribution is 2.25. The van der Waals surface area contributed by atoms with Gasteiger partial charge in [-0.1, -0.05) is 58.5 Å². The first kappa shape index (κ1) is 77.7. The molecule has 0 saturated carbocycles. The van der Waals surface area contributed by atoms with Crippen LogP contribution in [0.15, 0.2) is 65.4 Å². The molecule has 3 aliphatic rings. The summed E-state index contributed by atoms with van der Waals surface area (Å²) < 4.78 is 0. The number of aromatic amines is 1. The van der Waals surface area contributed by atoms with Gasteiger partial charge in [-0.2, -0.15) is 0 Å². The molecule has 2 bridgehead atoms. The normalized spacial score (nSPS) is 25.3. The first-order chi connectivity index (χ1) is 46.1. The van der Waals surface area contributed by atoms with Gasteiger partial charge < -0.3 is 112 Å². The predicted octanol–water partition coefficient (Wildman–Crippen LogP) is -7.10. The average molecular weight is 1400 g/mol. The molecule has 0 spiro atoms. The Hall–Kier alpha value is -10.0. The molecule has 0 aliphatic carbocycles. The molecule has 0 radical (unpaired) electrons. The van der Waals surface area contributed by atoms with Crippen LogP contribution in [-0.4, -0.2) is 242 Å². The van der Waals surface area contributed by atoms with Crippen LogP contribution in [0.3, 0.4) is 0 Å². The number of nitrogens with one attached hydrogen (secondary N) is 11. The summed E-state index contributed by atoms with van der Waals surface area (Å²) >= 11 is 0. The molecule has 39 heteroatoms. The summed E-state index contributed by atoms with van der Waals surface area (Å²) in [5, 5.41) is 56.4. The molecule has 37 nitrogen and oxygen atoms in total. The predicted molar refractivity (Wildman–Crippen MR) is 353 cm³/mol. The van der Waals surface area contributed by atoms with E-state index in [2.05, 4.69) is 74.7 Å². The Balaban J connectivity index is 1.71. The lowest BCUT2D eigenvalue weighted by molar-refractivity contribution is -0.146. The number of nitrogens with two attached hydrogens (primary N) is 5. The lowest BCUT2D eigenvalue weighted by Crippen LogP contribution is -2.61. The second kappa shape index (κ2) is 38.5. The number of aromatic nitrogens is 1. The third-order valence-corrected chi connectivity index (χ3v) is 17.7. The van der Waals surface area contributed by atoms with Crippen molar-refractivity contribution in [2.24, 2.45) is 38.7 Å². The van der Waals surface area contributed by atoms with E-state index in [0.29, 0.717) is 16.5 Å². The van der Waals surface area contributed by atoms with E-state index in [1.807, 2.05) is 0 Å². The molecule has 2 unspecified atom stereocenters. The first-order valence-electron chi connectivity index (χ1n) is 30.7. The molecule has 1 aromatic heterocycles. The zero-order valence-corrected chi connectivity index (χ0v) is 54.6. The Labute approximate surface area is 563 Å². The van der Waals surface area contributed by atoms with E-state index >= 15 is 0 Å². The van der Waals surface area contributed by atoms with Crippen LogP contribution in [-0.2, 0) is 73.5 Å². The summed E-state index contributed by atoms with van der Waals surface area (Å²) in [4.78, 5) is 209. The standard InChI is InChI=1S/C58H84N20O17S2/c1-3-77(44(81)23-59)25-43(80)68-33-13-6-7-14-34-47(85)67-29(2)46(84)72-37(21-30-24-66-32-12-5-4-11-31(30)32)51(89)70-35(15-8-18-64-57(60)61)50(88)76-41(56(94)95)28-97-96-27-40(75-48(33)86)53(91)74-39(26-79)52(90)73-38(22-45(82)83)55(93)78-20-10-17-42(78)54(92)71-36(49(87)69-34)16-9-19-65-58(62)63/h3-7,11-12,24,29,33-42,66,79H,1,8-10,13-23,25-28,59H2,2H3,(H,67,85)(H,68,80)(H,69,87)(H,70,89)(H,71,92)(H,72,84)(H,73,90)(H,74,91)(H,75,86)(H,76,88)(H,82,83)(H,94,95)(H4,60,61,64)(H4,62,63,65)/b7-6-/t29-,33?,34?,35-,36-,37-,38-,39-,40-,41-,42-/m0/s1. The van der Waals surface area contributed by atoms with Gasteiger partial charge in [-0.15, -0.1) is 0 Å². The van der Waals surface area contributed by atoms with E-state index in [1.165, 1.54) is 19.1 Å². The SMILES string of the molecule is C=CN(CC(=O)NC1C/C=C\CC2NC(=O)[C@H](CCCN=C(N)N)NC(=O)[C@@H]3CCCN3C(=O)[C@H](CC(=O)O)NC(=O)[C@H](CO)NC(=O)[C@H](CSSC[C@@H](C(=O)O)NC(=O)[C@H](CCCN=C(N)N)NC(=O)[C@H](Cc3c[nH]c4ccccc34)NC(=O)[C@H](C)NC2=O)NC1=O)C(=O)CN. The molecule has 24 N–H and O–H groups in total. The number of hydrogen-bond donors (Lipinski definition) is 19. The van der Waals surface area contributed by atoms with Crippen LogP contribution in [0.4, 0.5) is 0 Å². The summed E-state index contributed by atoms with van der Waals surface area (Å²) in [6, 6.07) is -11.6. The minimum Gasteiger partial charge on any atom is -0.481 e. The number of carbonyl (C=O) groups is 14. The second-order valence-corrected chi connectivity index (χ2v) is 25.1. The fourth-order valence-corrected chi connectivity index (χ4v) is 12.5. The highest BCUT2D eigenvalue weighted by molar-refractivity contribution is 8.76. The van der Waals surface area contributed by atoms with Crippen molar-refractivity contribution in [2.75, 3.05) is 50.8 Å². The smallest absolute Gasteiger partial charge is 0.327 e. The number of fused-ring (bicyclic) bond motifs is 9. The molecular formula is C58H84N20O17S2. The number of guanidine groups is 2. The summed E-state index contributed by atoms with van der Waals surface area (Å²) in [6.45, 7) is 1.91. The van der Waals surface area contributed by atoms with Gasteiger partial charge >= 0.3 is 11.9 Å². The van der Waals surface area contributed by atoms with Crippen molar-refractivity contribution >= 4 is 127 Å². The van der Waals surface area contributed by atoms with E-state index in [-0.39, 0.29) is 76.5 Å². The molecule has 97 heavy (non-hydrogen) atoms. The molecule has 4 heterocycles. The van der Waals surface area contributed by atoms with Gasteiger partial charge in [0.2, 0.25) is 70.9 Å². The Morgan fingerprint density at radius 2 is 1.26 bits per heavy atom. The number of aliphatic hydroxyl groups is 1. The number of aliphatic hydroxyl groups excluding tert-OH is 1. The van der Waals surface area contributed by atoms with Crippen LogP contribution in [0.5, 0.6) is 0 Å². The van der Waals surface area contributed by atoms with E-state index in [4.69, 9.17) is 28.7 Å². The zero-order valence-electron chi connectivity index (χ0n) is 53.0. The molecule has 12 amide bonds. The van der Waals surface area contributed by atoms with E-state index < -0.39 is 200 Å². The lowest BCUT2D eigenvalue weighted by atomic mass is 10.0. The van der Waals surface area contributed by atoms with Crippen molar-refractivity contribution in [3.63, 3.8) is 0 Å². The fraction of sp³-hybridized carbons (Fsp3) is 0.517. The van der Waals surface area contributed by atoms with Crippen molar-refractivity contribution < 1.29 is 82.4 Å². The van der Waals surface area contributed by atoms with Gasteiger partial charge in [0.1, 0.15) is 73.0 Å². The van der Waals surface area contributed by atoms with Crippen LogP contribution >= 0.6 is 21.6 Å². The number of H-pyrrole nitrogens is 1. The van der Waals surface area contributed by atoms with Gasteiger partial charge in [0.25, 0.3) is 0 Å². The third kappa shape index (κ3) is 24.3. The number of carbonyl (C=O) groups excluding carboxylic acids is 12. The Kier molecular flexibility index (Phi) is 30.8. The highest BCUT2D eigenvalue weighted by atomic mass is 33.1. The Morgan fingerprint density at radius 3 is 1.89 bits per heavy atom. The monoisotopic (exact) mass is 1400 g/mol. The lowest BCUT2D eigenvalue weighted by Gasteiger charge is -2.30. The second-order valence-electron chi connectivity index (χ2n) is 22.5. The molecule has 1 fully saturated rings. The van der Waals surface area contributed by atoms with E-state index in [0.717, 1.165) is 37.6 Å². The maximum absolute atomic E-state index is 14.8. The minimum atomic E-state index is -2.01. The van der Waals surface area contributed by atoms with Crippen molar-refractivity contribution in [3.05, 3.63) is 61.0 Å². The number of carboxylic acid groups (broad SMARTS) is 2. The summed E-state index contributed by atoms with van der Waals surface area (Å²) in [7, 11) is 1.48. The van der Waals surface area contributed by atoms with Crippen LogP contribution in [0.2, 0.25) is 0 Å². The van der Waals surface area contributed by atoms with Gasteiger partial charge in [0.15, 0.2) is 11.9 Å². The zero-order chi connectivity index (χ0) is 71.5. The van der Waals surface area contributed by atoms with Crippen LogP contribution in [0, 0.1) is 0 Å². The number of carboxylic acids is 2. The summed E-state index contributed by atoms with van der Waals surface area (Å²) in [6.07, 6.45) is 2.51. The fourth-order valence-electron chi connectivity index (χ4n) is 10.2. The largest absolute Gasteiger partial charge is 0.481 e. The maximum Gasteiger partial charge on any atom is 0.327 e.